The number of aromatic nitrogens is 2. The van der Waals surface area contributed by atoms with E-state index in [0.29, 0.717) is 6.42 Å². The van der Waals surface area contributed by atoms with E-state index in [4.69, 9.17) is 0 Å². The van der Waals surface area contributed by atoms with Gasteiger partial charge in [-0.15, -0.1) is 0 Å². The maximum Gasteiger partial charge on any atom is 0.254 e. The summed E-state index contributed by atoms with van der Waals surface area (Å²) in [6.45, 7) is 1.99. The van der Waals surface area contributed by atoms with Crippen molar-refractivity contribution in [1.82, 2.24) is 15.1 Å². The van der Waals surface area contributed by atoms with Crippen LogP contribution in [0.25, 0.3) is 0 Å². The van der Waals surface area contributed by atoms with Gasteiger partial charge in [0.2, 0.25) is 0 Å². The van der Waals surface area contributed by atoms with Crippen molar-refractivity contribution in [2.45, 2.75) is 32.2 Å². The summed E-state index contributed by atoms with van der Waals surface area (Å²) in [7, 11) is 3.33. The third kappa shape index (κ3) is 2.99. The standard InChI is InChI=1S/C10H17F2N3/c1-4-7-5-8(15(3)14-7)6-9(13-2)10(11)12/h5,9-10,13H,4,6H2,1-3H3. The molecule has 1 aromatic heterocycles. The highest BCUT2D eigenvalue weighted by molar-refractivity contribution is 5.11. The van der Waals surface area contributed by atoms with Crippen LogP contribution in [0.5, 0.6) is 0 Å². The van der Waals surface area contributed by atoms with Gasteiger partial charge in [-0.2, -0.15) is 5.10 Å². The number of nitrogens with one attached hydrogen (secondary N) is 1. The van der Waals surface area contributed by atoms with Gasteiger partial charge in [0.1, 0.15) is 0 Å². The molecule has 1 atom stereocenters. The van der Waals surface area contributed by atoms with Gasteiger partial charge < -0.3 is 5.32 Å². The Labute approximate surface area is 88.5 Å². The first kappa shape index (κ1) is 12.1. The lowest BCUT2D eigenvalue weighted by atomic mass is 10.1. The van der Waals surface area contributed by atoms with Crippen LogP contribution in [0.2, 0.25) is 0 Å². The molecule has 0 aliphatic rings. The molecule has 0 aromatic carbocycles. The zero-order valence-electron chi connectivity index (χ0n) is 9.30. The van der Waals surface area contributed by atoms with Crippen molar-refractivity contribution in [3.63, 3.8) is 0 Å². The predicted molar refractivity (Wildman–Crippen MR) is 55.1 cm³/mol. The molecule has 1 rings (SSSR count). The maximum atomic E-state index is 12.5. The SMILES string of the molecule is CCc1cc(CC(NC)C(F)F)n(C)n1. The summed E-state index contributed by atoms with van der Waals surface area (Å²) in [5.41, 5.74) is 1.78. The van der Waals surface area contributed by atoms with Gasteiger partial charge in [0.25, 0.3) is 6.43 Å². The third-order valence-electron chi connectivity index (χ3n) is 2.49. The van der Waals surface area contributed by atoms with Crippen LogP contribution in [0.1, 0.15) is 18.3 Å². The van der Waals surface area contributed by atoms with Crippen molar-refractivity contribution >= 4 is 0 Å². The van der Waals surface area contributed by atoms with Gasteiger partial charge >= 0.3 is 0 Å². The van der Waals surface area contributed by atoms with Crippen molar-refractivity contribution in [3.8, 4) is 0 Å². The molecule has 5 heteroatoms. The van der Waals surface area contributed by atoms with Crippen LogP contribution in [0.15, 0.2) is 6.07 Å². The van der Waals surface area contributed by atoms with E-state index in [2.05, 4.69) is 10.4 Å². The minimum Gasteiger partial charge on any atom is -0.312 e. The summed E-state index contributed by atoms with van der Waals surface area (Å²) in [5.74, 6) is 0. The molecule has 0 saturated heterocycles. The number of halogens is 2. The smallest absolute Gasteiger partial charge is 0.254 e. The fourth-order valence-corrected chi connectivity index (χ4v) is 1.48. The number of aryl methyl sites for hydroxylation is 2. The second kappa shape index (κ2) is 5.21. The Balaban J connectivity index is 2.74. The van der Waals surface area contributed by atoms with Gasteiger partial charge in [-0.25, -0.2) is 8.78 Å². The Kier molecular flexibility index (Phi) is 4.20. The number of nitrogens with zero attached hydrogens (tertiary/aromatic N) is 2. The highest BCUT2D eigenvalue weighted by Crippen LogP contribution is 2.10. The summed E-state index contributed by atoms with van der Waals surface area (Å²) >= 11 is 0. The Morgan fingerprint density at radius 2 is 2.20 bits per heavy atom. The predicted octanol–water partition coefficient (Wildman–Crippen LogP) is 1.38. The molecule has 3 nitrogen and oxygen atoms in total. The second-order valence-corrected chi connectivity index (χ2v) is 3.54. The second-order valence-electron chi connectivity index (χ2n) is 3.54. The molecule has 1 N–H and O–H groups in total. The van der Waals surface area contributed by atoms with E-state index in [1.807, 2.05) is 13.0 Å². The average Bonchev–Trinajstić information content (AvgIpc) is 2.55. The van der Waals surface area contributed by atoms with Crippen molar-refractivity contribution in [3.05, 3.63) is 17.5 Å². The molecule has 0 fully saturated rings. The molecule has 0 saturated carbocycles. The lowest BCUT2D eigenvalue weighted by Crippen LogP contribution is -2.35. The Morgan fingerprint density at radius 3 is 2.60 bits per heavy atom. The first-order chi connectivity index (χ1) is 7.08. The van der Waals surface area contributed by atoms with Crippen LogP contribution in [0.4, 0.5) is 8.78 Å². The molecule has 0 radical (unpaired) electrons. The number of hydrogen-bond acceptors (Lipinski definition) is 2. The normalized spacial score (nSPS) is 13.5. The first-order valence-corrected chi connectivity index (χ1v) is 5.05. The van der Waals surface area contributed by atoms with Gasteiger partial charge in [0, 0.05) is 19.2 Å². The lowest BCUT2D eigenvalue weighted by Gasteiger charge is -2.14. The number of alkyl halides is 2. The summed E-state index contributed by atoms with van der Waals surface area (Å²) in [5, 5.41) is 6.83. The van der Waals surface area contributed by atoms with E-state index >= 15 is 0 Å². The summed E-state index contributed by atoms with van der Waals surface area (Å²) in [6, 6.07) is 1.08. The van der Waals surface area contributed by atoms with Crippen molar-refractivity contribution in [1.29, 1.82) is 0 Å². The fraction of sp³-hybridized carbons (Fsp3) is 0.700. The van der Waals surface area contributed by atoms with E-state index in [1.54, 1.807) is 18.8 Å². The molecule has 0 spiro atoms. The average molecular weight is 217 g/mol. The van der Waals surface area contributed by atoms with Crippen LogP contribution in [-0.2, 0) is 19.9 Å². The number of rotatable bonds is 5. The Bertz CT molecular complexity index is 310. The molecule has 0 aliphatic carbocycles. The minimum atomic E-state index is -2.35. The van der Waals surface area contributed by atoms with Crippen molar-refractivity contribution in [2.24, 2.45) is 7.05 Å². The monoisotopic (exact) mass is 217 g/mol. The number of likely N-dealkylation sites (N-methyl/N-ethyl adjacent to an activating group) is 1. The highest BCUT2D eigenvalue weighted by Gasteiger charge is 2.20. The molecular formula is C10H17F2N3. The topological polar surface area (TPSA) is 29.9 Å². The van der Waals surface area contributed by atoms with E-state index < -0.39 is 12.5 Å². The van der Waals surface area contributed by atoms with Crippen molar-refractivity contribution < 1.29 is 8.78 Å². The molecule has 0 bridgehead atoms. The molecule has 86 valence electrons. The molecule has 1 aromatic rings. The Hall–Kier alpha value is -0.970. The van der Waals surface area contributed by atoms with Crippen LogP contribution >= 0.6 is 0 Å². The lowest BCUT2D eigenvalue weighted by molar-refractivity contribution is 0.101. The van der Waals surface area contributed by atoms with E-state index in [1.165, 1.54) is 0 Å². The van der Waals surface area contributed by atoms with E-state index in [0.717, 1.165) is 17.8 Å². The molecule has 1 unspecified atom stereocenters. The van der Waals surface area contributed by atoms with E-state index in [-0.39, 0.29) is 0 Å². The van der Waals surface area contributed by atoms with Gasteiger partial charge in [0.15, 0.2) is 0 Å². The summed E-state index contributed by atoms with van der Waals surface area (Å²) in [4.78, 5) is 0. The summed E-state index contributed by atoms with van der Waals surface area (Å²) in [6.07, 6.45) is -1.22. The molecular weight excluding hydrogens is 200 g/mol. The maximum absolute atomic E-state index is 12.5. The quantitative estimate of drug-likeness (QED) is 0.807. The minimum absolute atomic E-state index is 0.303. The first-order valence-electron chi connectivity index (χ1n) is 5.05. The van der Waals surface area contributed by atoms with Gasteiger partial charge in [-0.05, 0) is 19.5 Å². The van der Waals surface area contributed by atoms with Crippen LogP contribution < -0.4 is 5.32 Å². The van der Waals surface area contributed by atoms with Gasteiger partial charge in [0.05, 0.1) is 11.7 Å². The third-order valence-corrected chi connectivity index (χ3v) is 2.49. The van der Waals surface area contributed by atoms with Crippen LogP contribution in [-0.4, -0.2) is 29.3 Å². The highest BCUT2D eigenvalue weighted by atomic mass is 19.3. The molecule has 1 heterocycles. The van der Waals surface area contributed by atoms with Crippen LogP contribution in [0, 0.1) is 0 Å². The van der Waals surface area contributed by atoms with Gasteiger partial charge in [-0.1, -0.05) is 6.92 Å². The fourth-order valence-electron chi connectivity index (χ4n) is 1.48. The molecule has 0 aliphatic heterocycles. The Morgan fingerprint density at radius 1 is 1.53 bits per heavy atom. The van der Waals surface area contributed by atoms with E-state index in [9.17, 15) is 8.78 Å². The van der Waals surface area contributed by atoms with Crippen molar-refractivity contribution in [2.75, 3.05) is 7.05 Å². The van der Waals surface area contributed by atoms with Gasteiger partial charge in [-0.3, -0.25) is 4.68 Å². The largest absolute Gasteiger partial charge is 0.312 e. The zero-order valence-corrected chi connectivity index (χ0v) is 9.30. The zero-order chi connectivity index (χ0) is 11.4. The molecule has 15 heavy (non-hydrogen) atoms. The van der Waals surface area contributed by atoms with Crippen LogP contribution in [0.3, 0.4) is 0 Å². The molecule has 0 amide bonds. The summed E-state index contributed by atoms with van der Waals surface area (Å²) < 4.78 is 26.7. The number of hydrogen-bond donors (Lipinski definition) is 1.